The highest BCUT2D eigenvalue weighted by Gasteiger charge is 2.41. The molecule has 1 heterocycles. The van der Waals surface area contributed by atoms with Gasteiger partial charge in [0.2, 0.25) is 0 Å². The van der Waals surface area contributed by atoms with Gasteiger partial charge in [0.1, 0.15) is 6.04 Å². The number of aliphatic carboxylic acids is 1. The van der Waals surface area contributed by atoms with Crippen molar-refractivity contribution in [3.8, 4) is 0 Å². The normalized spacial score (nSPS) is 29.4. The Hall–Kier alpha value is -1.04. The van der Waals surface area contributed by atoms with Crippen molar-refractivity contribution in [2.45, 2.75) is 18.4 Å². The second kappa shape index (κ2) is 4.01. The molecule has 88 valence electrons. The predicted octanol–water partition coefficient (Wildman–Crippen LogP) is 2.83. The molecule has 0 radical (unpaired) electrons. The number of hydrogen-bond donors (Lipinski definition) is 2. The van der Waals surface area contributed by atoms with E-state index in [0.717, 1.165) is 15.7 Å². The molecule has 0 saturated carbocycles. The monoisotopic (exact) mass is 341 g/mol. The smallest absolute Gasteiger partial charge is 0.326 e. The van der Waals surface area contributed by atoms with Gasteiger partial charge in [-0.25, -0.2) is 4.79 Å². The van der Waals surface area contributed by atoms with E-state index in [2.05, 4.69) is 46.1 Å². The lowest BCUT2D eigenvalue weighted by Gasteiger charge is -2.35. The summed E-state index contributed by atoms with van der Waals surface area (Å²) in [6, 6.07) is 5.66. The average molecular weight is 341 g/mol. The number of hydrogen-bond acceptors (Lipinski definition) is 2. The Bertz CT molecular complexity index is 512. The van der Waals surface area contributed by atoms with Gasteiger partial charge in [-0.05, 0) is 40.6 Å². The molecule has 0 amide bonds. The van der Waals surface area contributed by atoms with Crippen LogP contribution in [0.15, 0.2) is 30.4 Å². The van der Waals surface area contributed by atoms with Crippen molar-refractivity contribution < 1.29 is 9.90 Å². The molecule has 2 aliphatic rings. The van der Waals surface area contributed by atoms with E-state index in [0.29, 0.717) is 0 Å². The number of nitrogens with one attached hydrogen (secondary N) is 1. The molecular formula is C13H12INO2. The van der Waals surface area contributed by atoms with Crippen LogP contribution in [0.5, 0.6) is 0 Å². The number of carbonyl (C=O) groups is 1. The molecule has 4 heteroatoms. The summed E-state index contributed by atoms with van der Waals surface area (Å²) in [6.07, 6.45) is 5.10. The molecule has 1 aliphatic heterocycles. The molecule has 1 aromatic carbocycles. The maximum Gasteiger partial charge on any atom is 0.326 e. The second-order valence-electron chi connectivity index (χ2n) is 4.52. The molecule has 0 saturated heterocycles. The third-order valence-electron chi connectivity index (χ3n) is 3.61. The molecule has 1 aromatic rings. The van der Waals surface area contributed by atoms with E-state index >= 15 is 0 Å². The molecule has 3 nitrogen and oxygen atoms in total. The van der Waals surface area contributed by atoms with Crippen LogP contribution in [0.2, 0.25) is 0 Å². The van der Waals surface area contributed by atoms with Gasteiger partial charge >= 0.3 is 5.97 Å². The first-order valence-corrected chi connectivity index (χ1v) is 6.71. The lowest BCUT2D eigenvalue weighted by molar-refractivity contribution is -0.139. The third kappa shape index (κ3) is 1.66. The number of anilines is 1. The van der Waals surface area contributed by atoms with Gasteiger partial charge in [-0.3, -0.25) is 0 Å². The fourth-order valence-electron chi connectivity index (χ4n) is 2.83. The number of para-hydroxylation sites is 1. The minimum atomic E-state index is -0.756. The summed E-state index contributed by atoms with van der Waals surface area (Å²) in [5.74, 6) is -0.353. The number of fused-ring (bicyclic) bond motifs is 3. The van der Waals surface area contributed by atoms with Gasteiger partial charge < -0.3 is 10.4 Å². The van der Waals surface area contributed by atoms with Gasteiger partial charge in [0.15, 0.2) is 0 Å². The van der Waals surface area contributed by atoms with Crippen LogP contribution in [0.3, 0.4) is 0 Å². The molecule has 2 N–H and O–H groups in total. The quantitative estimate of drug-likeness (QED) is 0.610. The zero-order valence-corrected chi connectivity index (χ0v) is 11.2. The van der Waals surface area contributed by atoms with Crippen LogP contribution in [0.4, 0.5) is 5.69 Å². The van der Waals surface area contributed by atoms with E-state index in [-0.39, 0.29) is 11.8 Å². The number of carboxylic acids is 1. The number of allylic oxidation sites excluding steroid dienone is 2. The highest BCUT2D eigenvalue weighted by Crippen LogP contribution is 2.45. The van der Waals surface area contributed by atoms with Crippen LogP contribution in [-0.2, 0) is 4.79 Å². The van der Waals surface area contributed by atoms with Crippen LogP contribution < -0.4 is 5.32 Å². The zero-order chi connectivity index (χ0) is 12.0. The molecule has 3 atom stereocenters. The molecule has 17 heavy (non-hydrogen) atoms. The number of halogens is 1. The Morgan fingerprint density at radius 2 is 2.29 bits per heavy atom. The van der Waals surface area contributed by atoms with Crippen molar-refractivity contribution in [3.63, 3.8) is 0 Å². The largest absolute Gasteiger partial charge is 0.480 e. The van der Waals surface area contributed by atoms with Crippen molar-refractivity contribution in [3.05, 3.63) is 39.5 Å². The Morgan fingerprint density at radius 1 is 1.47 bits per heavy atom. The van der Waals surface area contributed by atoms with Gasteiger partial charge in [0, 0.05) is 15.4 Å². The first-order valence-electron chi connectivity index (χ1n) is 5.63. The van der Waals surface area contributed by atoms with Gasteiger partial charge in [0.05, 0.1) is 5.69 Å². The Balaban J connectivity index is 2.12. The molecule has 0 aromatic heterocycles. The van der Waals surface area contributed by atoms with Crippen molar-refractivity contribution in [1.82, 2.24) is 0 Å². The zero-order valence-electron chi connectivity index (χ0n) is 9.06. The molecule has 0 fully saturated rings. The van der Waals surface area contributed by atoms with Crippen molar-refractivity contribution in [2.75, 3.05) is 5.32 Å². The fraction of sp³-hybridized carbons (Fsp3) is 0.308. The van der Waals surface area contributed by atoms with Crippen LogP contribution >= 0.6 is 22.6 Å². The van der Waals surface area contributed by atoms with E-state index in [1.807, 2.05) is 12.1 Å². The highest BCUT2D eigenvalue weighted by molar-refractivity contribution is 14.1. The number of benzene rings is 1. The lowest BCUT2D eigenvalue weighted by Crippen LogP contribution is -2.42. The molecular weight excluding hydrogens is 329 g/mol. The molecule has 3 rings (SSSR count). The topological polar surface area (TPSA) is 49.3 Å². The fourth-order valence-corrected chi connectivity index (χ4v) is 3.50. The van der Waals surface area contributed by atoms with E-state index in [1.165, 1.54) is 5.56 Å². The standard InChI is InChI=1S/C13H12INO2/c14-10-6-2-5-8-7-3-1-4-9(7)12(13(16)17)15-11(8)10/h1-3,5-7,9,12,15H,4H2,(H,16,17)/t7-,9-,12+/m1/s1. The lowest BCUT2D eigenvalue weighted by atomic mass is 9.79. The summed E-state index contributed by atoms with van der Waals surface area (Å²) in [5, 5.41) is 12.5. The molecule has 0 spiro atoms. The van der Waals surface area contributed by atoms with E-state index in [4.69, 9.17) is 0 Å². The number of rotatable bonds is 1. The van der Waals surface area contributed by atoms with Gasteiger partial charge in [-0.1, -0.05) is 24.3 Å². The van der Waals surface area contributed by atoms with Gasteiger partial charge in [-0.15, -0.1) is 0 Å². The Morgan fingerprint density at radius 3 is 3.06 bits per heavy atom. The van der Waals surface area contributed by atoms with E-state index in [9.17, 15) is 9.90 Å². The first kappa shape index (κ1) is 11.1. The maximum atomic E-state index is 11.3. The molecule has 0 unspecified atom stereocenters. The third-order valence-corrected chi connectivity index (χ3v) is 4.51. The highest BCUT2D eigenvalue weighted by atomic mass is 127. The van der Waals surface area contributed by atoms with Crippen molar-refractivity contribution in [1.29, 1.82) is 0 Å². The summed E-state index contributed by atoms with van der Waals surface area (Å²) in [5.41, 5.74) is 2.22. The van der Waals surface area contributed by atoms with E-state index < -0.39 is 12.0 Å². The van der Waals surface area contributed by atoms with Crippen LogP contribution in [0, 0.1) is 9.49 Å². The summed E-state index contributed by atoms with van der Waals surface area (Å²) in [7, 11) is 0. The first-order chi connectivity index (χ1) is 8.18. The summed E-state index contributed by atoms with van der Waals surface area (Å²) >= 11 is 2.25. The van der Waals surface area contributed by atoms with E-state index in [1.54, 1.807) is 0 Å². The van der Waals surface area contributed by atoms with Crippen molar-refractivity contribution in [2.24, 2.45) is 5.92 Å². The molecule has 1 aliphatic carbocycles. The molecule has 0 bridgehead atoms. The predicted molar refractivity (Wildman–Crippen MR) is 74.2 cm³/mol. The Labute approximate surface area is 113 Å². The Kier molecular flexibility index (Phi) is 2.61. The van der Waals surface area contributed by atoms with Gasteiger partial charge in [0.25, 0.3) is 0 Å². The summed E-state index contributed by atoms with van der Waals surface area (Å²) in [4.78, 5) is 11.3. The van der Waals surface area contributed by atoms with Gasteiger partial charge in [-0.2, -0.15) is 0 Å². The summed E-state index contributed by atoms with van der Waals surface area (Å²) < 4.78 is 1.09. The van der Waals surface area contributed by atoms with Crippen LogP contribution in [0.1, 0.15) is 17.9 Å². The number of carboxylic acid groups (broad SMARTS) is 1. The maximum absolute atomic E-state index is 11.3. The van der Waals surface area contributed by atoms with Crippen LogP contribution in [0.25, 0.3) is 0 Å². The SMILES string of the molecule is O=C(O)[C@H]1Nc2c(I)cccc2[C@H]2C=CC[C@@H]12. The minimum Gasteiger partial charge on any atom is -0.480 e. The average Bonchev–Trinajstić information content (AvgIpc) is 2.77. The van der Waals surface area contributed by atoms with Crippen LogP contribution in [-0.4, -0.2) is 17.1 Å². The minimum absolute atomic E-state index is 0.151. The second-order valence-corrected chi connectivity index (χ2v) is 5.68. The summed E-state index contributed by atoms with van der Waals surface area (Å²) in [6.45, 7) is 0. The van der Waals surface area contributed by atoms with Crippen molar-refractivity contribution >= 4 is 34.2 Å².